The van der Waals surface area contributed by atoms with Gasteiger partial charge in [0.2, 0.25) is 5.95 Å². The number of imidazole rings is 1. The quantitative estimate of drug-likeness (QED) is 0.669. The summed E-state index contributed by atoms with van der Waals surface area (Å²) < 4.78 is 0. The Morgan fingerprint density at radius 1 is 1.09 bits per heavy atom. The highest BCUT2D eigenvalue weighted by Gasteiger charge is 2.12. The molecule has 1 aromatic carbocycles. The number of fused-ring (bicyclic) bond motifs is 2. The SMILES string of the molecule is Nc1nc2nc(Cc3ccc4c(c3)CCCC4)[nH]c2c(=O)[nH]1. The number of H-pyrrole nitrogens is 2. The van der Waals surface area contributed by atoms with Crippen LogP contribution in [0.15, 0.2) is 23.0 Å². The zero-order valence-electron chi connectivity index (χ0n) is 12.1. The second-order valence-corrected chi connectivity index (χ2v) is 5.82. The Hall–Kier alpha value is -2.63. The fourth-order valence-corrected chi connectivity index (χ4v) is 3.15. The fourth-order valence-electron chi connectivity index (χ4n) is 3.15. The van der Waals surface area contributed by atoms with Crippen molar-refractivity contribution in [2.24, 2.45) is 0 Å². The molecular weight excluding hydrogens is 278 g/mol. The molecule has 0 saturated carbocycles. The molecule has 1 aliphatic rings. The number of aryl methyl sites for hydroxylation is 2. The summed E-state index contributed by atoms with van der Waals surface area (Å²) in [6.45, 7) is 0. The van der Waals surface area contributed by atoms with Gasteiger partial charge in [-0.3, -0.25) is 9.78 Å². The first-order chi connectivity index (χ1) is 10.7. The van der Waals surface area contributed by atoms with Gasteiger partial charge in [0.05, 0.1) is 0 Å². The molecule has 22 heavy (non-hydrogen) atoms. The Kier molecular flexibility index (Phi) is 2.96. The number of hydrogen-bond acceptors (Lipinski definition) is 4. The molecular formula is C16H17N5O. The van der Waals surface area contributed by atoms with Gasteiger partial charge >= 0.3 is 0 Å². The van der Waals surface area contributed by atoms with Gasteiger partial charge in [0, 0.05) is 6.42 Å². The lowest BCUT2D eigenvalue weighted by molar-refractivity contribution is 0.684. The number of nitrogens with one attached hydrogen (secondary N) is 2. The molecule has 3 aromatic rings. The van der Waals surface area contributed by atoms with Crippen LogP contribution in [0.3, 0.4) is 0 Å². The summed E-state index contributed by atoms with van der Waals surface area (Å²) in [5.74, 6) is 0.818. The summed E-state index contributed by atoms with van der Waals surface area (Å²) in [6.07, 6.45) is 5.54. The van der Waals surface area contributed by atoms with Gasteiger partial charge in [-0.2, -0.15) is 4.98 Å². The van der Waals surface area contributed by atoms with Crippen molar-refractivity contribution in [3.63, 3.8) is 0 Å². The van der Waals surface area contributed by atoms with Crippen molar-refractivity contribution in [3.8, 4) is 0 Å². The van der Waals surface area contributed by atoms with Gasteiger partial charge < -0.3 is 10.7 Å². The van der Waals surface area contributed by atoms with Gasteiger partial charge in [-0.25, -0.2) is 4.98 Å². The fraction of sp³-hybridized carbons (Fsp3) is 0.312. The third-order valence-corrected chi connectivity index (χ3v) is 4.21. The molecule has 6 nitrogen and oxygen atoms in total. The molecule has 1 aliphatic carbocycles. The smallest absolute Gasteiger partial charge is 0.278 e. The predicted molar refractivity (Wildman–Crippen MR) is 84.8 cm³/mol. The lowest BCUT2D eigenvalue weighted by atomic mass is 9.90. The highest BCUT2D eigenvalue weighted by Crippen LogP contribution is 2.23. The standard InChI is InChI=1S/C16H17N5O/c17-16-20-14-13(15(22)21-16)18-12(19-14)8-9-5-6-10-3-1-2-4-11(10)7-9/h5-7H,1-4,8H2,(H4,17,18,19,20,21,22). The number of nitrogen functional groups attached to an aromatic ring is 1. The maximum atomic E-state index is 11.8. The third-order valence-electron chi connectivity index (χ3n) is 4.21. The van der Waals surface area contributed by atoms with E-state index in [0.717, 1.165) is 12.2 Å². The summed E-state index contributed by atoms with van der Waals surface area (Å²) in [5.41, 5.74) is 10.1. The highest BCUT2D eigenvalue weighted by molar-refractivity contribution is 5.70. The van der Waals surface area contributed by atoms with Gasteiger partial charge in [-0.05, 0) is 42.4 Å². The molecule has 0 amide bonds. The van der Waals surface area contributed by atoms with E-state index in [0.29, 0.717) is 17.6 Å². The number of rotatable bonds is 2. The molecule has 0 spiro atoms. The van der Waals surface area contributed by atoms with Crippen LogP contribution in [0.4, 0.5) is 5.95 Å². The number of nitrogens with two attached hydrogens (primary N) is 1. The zero-order valence-corrected chi connectivity index (χ0v) is 12.1. The van der Waals surface area contributed by atoms with Crippen LogP contribution in [0, 0.1) is 0 Å². The number of nitrogens with zero attached hydrogens (tertiary/aromatic N) is 2. The molecule has 0 unspecified atom stereocenters. The Labute approximate surface area is 126 Å². The molecule has 0 radical (unpaired) electrons. The molecule has 2 aromatic heterocycles. The average Bonchev–Trinajstić information content (AvgIpc) is 2.90. The molecule has 0 fully saturated rings. The number of hydrogen-bond donors (Lipinski definition) is 3. The van der Waals surface area contributed by atoms with Crippen LogP contribution >= 0.6 is 0 Å². The lowest BCUT2D eigenvalue weighted by Crippen LogP contribution is -2.10. The largest absolute Gasteiger partial charge is 0.369 e. The Balaban J connectivity index is 1.68. The van der Waals surface area contributed by atoms with Crippen LogP contribution in [0.5, 0.6) is 0 Å². The van der Waals surface area contributed by atoms with Crippen molar-refractivity contribution in [3.05, 3.63) is 51.1 Å². The second-order valence-electron chi connectivity index (χ2n) is 5.82. The van der Waals surface area contributed by atoms with Crippen LogP contribution in [0.2, 0.25) is 0 Å². The molecule has 0 atom stereocenters. The molecule has 0 aliphatic heterocycles. The van der Waals surface area contributed by atoms with Crippen LogP contribution in [0.25, 0.3) is 11.2 Å². The van der Waals surface area contributed by atoms with E-state index in [1.165, 1.54) is 36.0 Å². The maximum absolute atomic E-state index is 11.8. The number of anilines is 1. The van der Waals surface area contributed by atoms with Crippen LogP contribution in [-0.4, -0.2) is 19.9 Å². The van der Waals surface area contributed by atoms with E-state index < -0.39 is 0 Å². The first-order valence-corrected chi connectivity index (χ1v) is 7.54. The van der Waals surface area contributed by atoms with Crippen molar-refractivity contribution in [1.29, 1.82) is 0 Å². The highest BCUT2D eigenvalue weighted by atomic mass is 16.1. The first kappa shape index (κ1) is 13.1. The Morgan fingerprint density at radius 3 is 2.77 bits per heavy atom. The average molecular weight is 295 g/mol. The zero-order chi connectivity index (χ0) is 15.1. The van der Waals surface area contributed by atoms with E-state index in [1.807, 2.05) is 0 Å². The molecule has 6 heteroatoms. The predicted octanol–water partition coefficient (Wildman–Crippen LogP) is 1.70. The number of aromatic amines is 2. The minimum atomic E-state index is -0.285. The summed E-state index contributed by atoms with van der Waals surface area (Å²) >= 11 is 0. The third kappa shape index (κ3) is 2.26. The van der Waals surface area contributed by atoms with Gasteiger partial charge in [-0.15, -0.1) is 0 Å². The minimum Gasteiger partial charge on any atom is -0.369 e. The summed E-state index contributed by atoms with van der Waals surface area (Å²) in [5, 5.41) is 0. The van der Waals surface area contributed by atoms with Crippen molar-refractivity contribution >= 4 is 17.1 Å². The molecule has 112 valence electrons. The maximum Gasteiger partial charge on any atom is 0.278 e. The molecule has 0 bridgehead atoms. The number of benzene rings is 1. The van der Waals surface area contributed by atoms with E-state index in [2.05, 4.69) is 38.1 Å². The second kappa shape index (κ2) is 4.98. The number of aromatic nitrogens is 4. The van der Waals surface area contributed by atoms with E-state index in [-0.39, 0.29) is 11.5 Å². The molecule has 4 rings (SSSR count). The summed E-state index contributed by atoms with van der Waals surface area (Å²) in [7, 11) is 0. The van der Waals surface area contributed by atoms with E-state index in [4.69, 9.17) is 5.73 Å². The van der Waals surface area contributed by atoms with Crippen LogP contribution in [-0.2, 0) is 19.3 Å². The topological polar surface area (TPSA) is 100 Å². The van der Waals surface area contributed by atoms with Gasteiger partial charge in [-0.1, -0.05) is 18.2 Å². The summed E-state index contributed by atoms with van der Waals surface area (Å²) in [6, 6.07) is 6.62. The van der Waals surface area contributed by atoms with Gasteiger partial charge in [0.25, 0.3) is 5.56 Å². The van der Waals surface area contributed by atoms with E-state index >= 15 is 0 Å². The Morgan fingerprint density at radius 2 is 1.91 bits per heavy atom. The summed E-state index contributed by atoms with van der Waals surface area (Å²) in [4.78, 5) is 25.8. The first-order valence-electron chi connectivity index (χ1n) is 7.54. The van der Waals surface area contributed by atoms with E-state index in [9.17, 15) is 4.79 Å². The lowest BCUT2D eigenvalue weighted by Gasteiger charge is -2.16. The Bertz CT molecular complexity index is 909. The van der Waals surface area contributed by atoms with Gasteiger partial charge in [0.1, 0.15) is 5.82 Å². The monoisotopic (exact) mass is 295 g/mol. The van der Waals surface area contributed by atoms with Crippen molar-refractivity contribution in [1.82, 2.24) is 19.9 Å². The van der Waals surface area contributed by atoms with E-state index in [1.54, 1.807) is 0 Å². The van der Waals surface area contributed by atoms with Crippen molar-refractivity contribution < 1.29 is 0 Å². The normalized spacial score (nSPS) is 14.2. The van der Waals surface area contributed by atoms with Crippen LogP contribution < -0.4 is 11.3 Å². The van der Waals surface area contributed by atoms with Crippen molar-refractivity contribution in [2.45, 2.75) is 32.1 Å². The molecule has 4 N–H and O–H groups in total. The van der Waals surface area contributed by atoms with Gasteiger partial charge in [0.15, 0.2) is 11.2 Å². The molecule has 2 heterocycles. The van der Waals surface area contributed by atoms with Crippen LogP contribution in [0.1, 0.15) is 35.4 Å². The molecule has 0 saturated heterocycles. The van der Waals surface area contributed by atoms with Crippen molar-refractivity contribution in [2.75, 3.05) is 5.73 Å². The minimum absolute atomic E-state index is 0.0873.